The summed E-state index contributed by atoms with van der Waals surface area (Å²) in [5.74, 6) is -0.907. The second-order valence-electron chi connectivity index (χ2n) is 8.00. The number of primary amides is 1. The van der Waals surface area contributed by atoms with Crippen molar-refractivity contribution in [1.82, 2.24) is 9.88 Å². The van der Waals surface area contributed by atoms with E-state index < -0.39 is 5.41 Å². The number of hydrogen-bond donors (Lipinski definition) is 1. The number of nitrogens with zero attached hydrogens (tertiary/aromatic N) is 3. The number of halogens is 2. The molecule has 0 spiro atoms. The summed E-state index contributed by atoms with van der Waals surface area (Å²) in [6.07, 6.45) is 2.09. The Morgan fingerprint density at radius 3 is 2.72 bits per heavy atom. The van der Waals surface area contributed by atoms with Gasteiger partial charge in [-0.15, -0.1) is 0 Å². The number of aromatic nitrogens is 1. The Kier molecular flexibility index (Phi) is 4.93. The minimum absolute atomic E-state index is 0.0117. The second kappa shape index (κ2) is 7.05. The first-order valence-electron chi connectivity index (χ1n) is 9.42. The lowest BCUT2D eigenvalue weighted by Crippen LogP contribution is -2.51. The molecule has 29 heavy (non-hydrogen) atoms. The summed E-state index contributed by atoms with van der Waals surface area (Å²) in [6.45, 7) is 1.90. The predicted molar refractivity (Wildman–Crippen MR) is 114 cm³/mol. The fourth-order valence-corrected chi connectivity index (χ4v) is 5.98. The molecule has 2 N–H and O–H groups in total. The van der Waals surface area contributed by atoms with Crippen LogP contribution >= 0.6 is 27.3 Å². The van der Waals surface area contributed by atoms with E-state index in [4.69, 9.17) is 5.73 Å². The Morgan fingerprint density at radius 1 is 1.41 bits per heavy atom. The molecule has 1 aromatic carbocycles. The molecule has 154 valence electrons. The number of piperidine rings is 1. The maximum atomic E-state index is 13.7. The van der Waals surface area contributed by atoms with Crippen LogP contribution < -0.4 is 10.6 Å². The summed E-state index contributed by atoms with van der Waals surface area (Å²) in [4.78, 5) is 34.7. The third-order valence-electron chi connectivity index (χ3n) is 6.24. The molecule has 1 aromatic heterocycles. The van der Waals surface area contributed by atoms with Gasteiger partial charge >= 0.3 is 0 Å². The lowest BCUT2D eigenvalue weighted by Gasteiger charge is -2.37. The summed E-state index contributed by atoms with van der Waals surface area (Å²) < 4.78 is 14.1. The van der Waals surface area contributed by atoms with Crippen LogP contribution in [0.4, 0.5) is 9.52 Å². The molecular weight excluding hydrogens is 459 g/mol. The highest BCUT2D eigenvalue weighted by Crippen LogP contribution is 2.53. The van der Waals surface area contributed by atoms with Gasteiger partial charge in [0.2, 0.25) is 5.91 Å². The van der Waals surface area contributed by atoms with Gasteiger partial charge in [0.25, 0.3) is 5.91 Å². The summed E-state index contributed by atoms with van der Waals surface area (Å²) in [5, 5.41) is 0.686. The molecule has 0 radical (unpaired) electrons. The van der Waals surface area contributed by atoms with Crippen LogP contribution in [0.5, 0.6) is 0 Å². The SMILES string of the molecule is C[C@H]1N(C(=O)c2nc(N(C)C)sc2-c2ccc(F)c(Br)c2)[C@H]2CC[C@@]1(C(N)=O)C2. The van der Waals surface area contributed by atoms with Gasteiger partial charge < -0.3 is 15.5 Å². The second-order valence-corrected chi connectivity index (χ2v) is 9.83. The van der Waals surface area contributed by atoms with Crippen molar-refractivity contribution in [2.24, 2.45) is 11.1 Å². The van der Waals surface area contributed by atoms with E-state index in [-0.39, 0.29) is 29.7 Å². The number of benzene rings is 1. The zero-order valence-corrected chi connectivity index (χ0v) is 18.8. The highest BCUT2D eigenvalue weighted by Gasteiger charge is 2.60. The van der Waals surface area contributed by atoms with Gasteiger partial charge in [0, 0.05) is 26.2 Å². The largest absolute Gasteiger partial charge is 0.369 e. The van der Waals surface area contributed by atoms with Crippen LogP contribution in [0, 0.1) is 11.2 Å². The van der Waals surface area contributed by atoms with Gasteiger partial charge in [-0.05, 0) is 59.8 Å². The molecule has 1 aliphatic heterocycles. The number of nitrogens with two attached hydrogens (primary N) is 1. The van der Waals surface area contributed by atoms with Gasteiger partial charge in [0.05, 0.1) is 14.8 Å². The molecule has 4 rings (SSSR count). The van der Waals surface area contributed by atoms with Crippen LogP contribution in [0.25, 0.3) is 10.4 Å². The summed E-state index contributed by atoms with van der Waals surface area (Å²) in [7, 11) is 3.72. The first-order chi connectivity index (χ1) is 13.7. The lowest BCUT2D eigenvalue weighted by atomic mass is 9.80. The normalized spacial score (nSPS) is 25.5. The number of hydrogen-bond acceptors (Lipinski definition) is 5. The van der Waals surface area contributed by atoms with Crippen LogP contribution in [0.2, 0.25) is 0 Å². The fourth-order valence-electron chi connectivity index (χ4n) is 4.62. The minimum atomic E-state index is -0.653. The molecule has 2 aromatic rings. The molecule has 2 bridgehead atoms. The molecule has 1 saturated heterocycles. The van der Waals surface area contributed by atoms with Crippen LogP contribution in [0.15, 0.2) is 22.7 Å². The van der Waals surface area contributed by atoms with Crippen molar-refractivity contribution in [2.75, 3.05) is 19.0 Å². The number of anilines is 1. The highest BCUT2D eigenvalue weighted by atomic mass is 79.9. The number of thiazole rings is 1. The third kappa shape index (κ3) is 3.06. The van der Waals surface area contributed by atoms with E-state index in [9.17, 15) is 14.0 Å². The Morgan fingerprint density at radius 2 is 2.14 bits per heavy atom. The van der Waals surface area contributed by atoms with Gasteiger partial charge in [-0.25, -0.2) is 9.37 Å². The summed E-state index contributed by atoms with van der Waals surface area (Å²) in [6, 6.07) is 4.38. The first kappa shape index (κ1) is 20.3. The lowest BCUT2D eigenvalue weighted by molar-refractivity contribution is -0.128. The van der Waals surface area contributed by atoms with Crippen molar-refractivity contribution < 1.29 is 14.0 Å². The maximum Gasteiger partial charge on any atom is 0.274 e. The summed E-state index contributed by atoms with van der Waals surface area (Å²) in [5.41, 5.74) is 6.11. The molecule has 2 fully saturated rings. The molecule has 2 aliphatic rings. The first-order valence-corrected chi connectivity index (χ1v) is 11.0. The molecule has 0 unspecified atom stereocenters. The Balaban J connectivity index is 1.78. The van der Waals surface area contributed by atoms with E-state index in [2.05, 4.69) is 20.9 Å². The van der Waals surface area contributed by atoms with Gasteiger partial charge in [-0.3, -0.25) is 9.59 Å². The number of carbonyl (C=O) groups is 2. The van der Waals surface area contributed by atoms with Crippen LogP contribution in [-0.2, 0) is 4.79 Å². The van der Waals surface area contributed by atoms with Gasteiger partial charge in [-0.2, -0.15) is 0 Å². The number of carbonyl (C=O) groups excluding carboxylic acids is 2. The average molecular weight is 481 g/mol. The average Bonchev–Trinajstić information content (AvgIpc) is 3.35. The minimum Gasteiger partial charge on any atom is -0.369 e. The number of likely N-dealkylation sites (tertiary alicyclic amines) is 1. The molecule has 2 amide bonds. The number of amides is 2. The summed E-state index contributed by atoms with van der Waals surface area (Å²) >= 11 is 4.60. The monoisotopic (exact) mass is 480 g/mol. The van der Waals surface area contributed by atoms with E-state index in [1.807, 2.05) is 25.9 Å². The molecule has 1 saturated carbocycles. The molecule has 2 heterocycles. The van der Waals surface area contributed by atoms with Crippen LogP contribution in [0.1, 0.15) is 36.7 Å². The van der Waals surface area contributed by atoms with Crippen molar-refractivity contribution in [3.8, 4) is 10.4 Å². The standard InChI is InChI=1S/C20H22BrFN4O2S/c1-10-20(18(23)28)7-6-12(9-20)26(10)17(27)15-16(29-19(24-15)25(2)3)11-4-5-14(22)13(21)8-11/h4-5,8,10,12H,6-7,9H2,1-3H3,(H2,23,28)/t10-,12+,20-/m1/s1. The van der Waals surface area contributed by atoms with Crippen LogP contribution in [0.3, 0.4) is 0 Å². The van der Waals surface area contributed by atoms with E-state index in [0.717, 1.165) is 12.8 Å². The zero-order valence-electron chi connectivity index (χ0n) is 16.4. The van der Waals surface area contributed by atoms with Crippen molar-refractivity contribution >= 4 is 44.2 Å². The number of fused-ring (bicyclic) bond motifs is 2. The quantitative estimate of drug-likeness (QED) is 0.723. The number of rotatable bonds is 4. The highest BCUT2D eigenvalue weighted by molar-refractivity contribution is 9.10. The van der Waals surface area contributed by atoms with E-state index >= 15 is 0 Å². The van der Waals surface area contributed by atoms with Crippen molar-refractivity contribution in [1.29, 1.82) is 0 Å². The zero-order chi connectivity index (χ0) is 21.1. The van der Waals surface area contributed by atoms with Crippen molar-refractivity contribution in [3.05, 3.63) is 34.2 Å². The topological polar surface area (TPSA) is 79.5 Å². The Labute approximate surface area is 181 Å². The smallest absolute Gasteiger partial charge is 0.274 e. The fraction of sp³-hybridized carbons (Fsp3) is 0.450. The third-order valence-corrected chi connectivity index (χ3v) is 8.12. The van der Waals surface area contributed by atoms with Crippen LogP contribution in [-0.4, -0.2) is 47.9 Å². The van der Waals surface area contributed by atoms with Crippen molar-refractivity contribution in [2.45, 2.75) is 38.3 Å². The molecule has 6 nitrogen and oxygen atoms in total. The van der Waals surface area contributed by atoms with E-state index in [0.29, 0.717) is 32.2 Å². The van der Waals surface area contributed by atoms with Crippen molar-refractivity contribution in [3.63, 3.8) is 0 Å². The molecule has 9 heteroatoms. The molecule has 3 atom stereocenters. The van der Waals surface area contributed by atoms with Gasteiger partial charge in [-0.1, -0.05) is 17.4 Å². The van der Waals surface area contributed by atoms with Gasteiger partial charge in [0.1, 0.15) is 11.5 Å². The molecular formula is C20H22BrFN4O2S. The maximum absolute atomic E-state index is 13.7. The Bertz CT molecular complexity index is 1010. The van der Waals surface area contributed by atoms with E-state index in [1.54, 1.807) is 17.0 Å². The van der Waals surface area contributed by atoms with Gasteiger partial charge in [0.15, 0.2) is 5.13 Å². The molecule has 1 aliphatic carbocycles. The van der Waals surface area contributed by atoms with E-state index in [1.165, 1.54) is 17.4 Å². The Hall–Kier alpha value is -2.00. The predicted octanol–water partition coefficient (Wildman–Crippen LogP) is 3.65.